The second-order valence-corrected chi connectivity index (χ2v) is 5.32. The molecule has 2 saturated heterocycles. The second-order valence-electron chi connectivity index (χ2n) is 5.32. The van der Waals surface area contributed by atoms with E-state index in [1.165, 1.54) is 12.1 Å². The zero-order chi connectivity index (χ0) is 14.2. The van der Waals surface area contributed by atoms with Crippen molar-refractivity contribution in [1.29, 1.82) is 0 Å². The lowest BCUT2D eigenvalue weighted by molar-refractivity contribution is -0.938. The van der Waals surface area contributed by atoms with E-state index in [0.29, 0.717) is 20.1 Å². The molecule has 0 spiro atoms. The zero-order valence-corrected chi connectivity index (χ0v) is 13.1. The molecule has 1 aromatic carbocycles. The van der Waals surface area contributed by atoms with E-state index >= 15 is 0 Å². The highest BCUT2D eigenvalue weighted by atomic mass is 79.9. The molecule has 2 aliphatic heterocycles. The Morgan fingerprint density at radius 2 is 2.10 bits per heavy atom. The van der Waals surface area contributed by atoms with Crippen LogP contribution in [-0.4, -0.2) is 42.1 Å². The predicted molar refractivity (Wildman–Crippen MR) is 71.7 cm³/mol. The van der Waals surface area contributed by atoms with Crippen molar-refractivity contribution in [2.24, 2.45) is 0 Å². The van der Waals surface area contributed by atoms with Gasteiger partial charge in [-0.3, -0.25) is 14.6 Å². The Bertz CT molecular complexity index is 536. The summed E-state index contributed by atoms with van der Waals surface area (Å²) in [5, 5.41) is 10.7. The maximum Gasteiger partial charge on any atom is 0.269 e. The summed E-state index contributed by atoms with van der Waals surface area (Å²) in [4.78, 5) is 10.3. The van der Waals surface area contributed by atoms with Crippen molar-refractivity contribution < 1.29 is 35.9 Å². The van der Waals surface area contributed by atoms with Crippen LogP contribution in [0.25, 0.3) is 0 Å². The van der Waals surface area contributed by atoms with Gasteiger partial charge in [0, 0.05) is 12.1 Å². The molecule has 3 unspecified atom stereocenters. The van der Waals surface area contributed by atoms with Gasteiger partial charge < -0.3 is 26.5 Å². The molecule has 3 atom stereocenters. The van der Waals surface area contributed by atoms with Crippen molar-refractivity contribution in [2.45, 2.75) is 12.1 Å². The topological polar surface area (TPSA) is 61.6 Å². The minimum atomic E-state index is -0.393. The number of benzene rings is 1. The first kappa shape index (κ1) is 16.1. The molecule has 7 heteroatoms. The quantitative estimate of drug-likeness (QED) is 0.300. The van der Waals surface area contributed by atoms with Crippen molar-refractivity contribution >= 4 is 5.69 Å². The van der Waals surface area contributed by atoms with E-state index in [4.69, 9.17) is 9.47 Å². The number of hydrogen-bond donors (Lipinski definition) is 0. The average Bonchev–Trinajstić information content (AvgIpc) is 2.97. The van der Waals surface area contributed by atoms with Gasteiger partial charge >= 0.3 is 0 Å². The van der Waals surface area contributed by atoms with Gasteiger partial charge in [0.15, 0.2) is 13.5 Å². The van der Waals surface area contributed by atoms with Crippen molar-refractivity contribution in [1.82, 2.24) is 0 Å². The van der Waals surface area contributed by atoms with E-state index in [0.717, 1.165) is 16.6 Å². The Labute approximate surface area is 133 Å². The van der Waals surface area contributed by atoms with E-state index in [9.17, 15) is 10.1 Å². The van der Waals surface area contributed by atoms with Crippen LogP contribution < -0.4 is 17.0 Å². The van der Waals surface area contributed by atoms with Crippen LogP contribution in [0.3, 0.4) is 0 Å². The third-order valence-corrected chi connectivity index (χ3v) is 4.13. The fourth-order valence-corrected chi connectivity index (χ4v) is 3.06. The fraction of sp³-hybridized carbons (Fsp3) is 0.429. The SMILES string of the molecule is C=CC[N+]12COCC1C(c1ccc([N+](=O)[O-])cc1)OC2.[Br-]. The van der Waals surface area contributed by atoms with Gasteiger partial charge in [-0.15, -0.1) is 0 Å². The Morgan fingerprint density at radius 1 is 1.38 bits per heavy atom. The molecule has 0 aliphatic carbocycles. The Hall–Kier alpha value is -1.28. The van der Waals surface area contributed by atoms with Gasteiger partial charge in [0.25, 0.3) is 5.69 Å². The van der Waals surface area contributed by atoms with Crippen LogP contribution in [0.2, 0.25) is 0 Å². The van der Waals surface area contributed by atoms with Crippen molar-refractivity contribution in [3.63, 3.8) is 0 Å². The largest absolute Gasteiger partial charge is 1.00 e. The van der Waals surface area contributed by atoms with E-state index in [-0.39, 0.29) is 34.8 Å². The lowest BCUT2D eigenvalue weighted by Gasteiger charge is -2.29. The number of ether oxygens (including phenoxy) is 2. The number of nitro groups is 1. The maximum absolute atomic E-state index is 10.7. The lowest BCUT2D eigenvalue weighted by Crippen LogP contribution is -3.00. The molecule has 2 aliphatic rings. The molecule has 2 heterocycles. The molecular formula is C14H17BrN2O4. The van der Waals surface area contributed by atoms with Crippen LogP contribution in [0.1, 0.15) is 11.7 Å². The Balaban J connectivity index is 0.00000161. The van der Waals surface area contributed by atoms with E-state index in [1.807, 2.05) is 6.08 Å². The van der Waals surface area contributed by atoms with Crippen molar-refractivity contribution in [3.05, 3.63) is 52.6 Å². The summed E-state index contributed by atoms with van der Waals surface area (Å²) in [6, 6.07) is 6.82. The van der Waals surface area contributed by atoms with Gasteiger partial charge in [0.1, 0.15) is 25.3 Å². The normalized spacial score (nSPS) is 30.5. The summed E-state index contributed by atoms with van der Waals surface area (Å²) < 4.78 is 12.3. The minimum Gasteiger partial charge on any atom is -1.00 e. The van der Waals surface area contributed by atoms with Crippen molar-refractivity contribution in [3.8, 4) is 0 Å². The summed E-state index contributed by atoms with van der Waals surface area (Å²) in [6.07, 6.45) is 1.82. The number of nitro benzene ring substituents is 1. The first-order chi connectivity index (χ1) is 9.66. The summed E-state index contributed by atoms with van der Waals surface area (Å²) in [6.45, 7) is 6.50. The third kappa shape index (κ3) is 2.74. The summed E-state index contributed by atoms with van der Waals surface area (Å²) >= 11 is 0. The first-order valence-electron chi connectivity index (χ1n) is 6.57. The van der Waals surface area contributed by atoms with Crippen LogP contribution >= 0.6 is 0 Å². The predicted octanol–water partition coefficient (Wildman–Crippen LogP) is -1.01. The molecule has 1 aromatic rings. The van der Waals surface area contributed by atoms with Crippen LogP contribution in [0.15, 0.2) is 36.9 Å². The molecular weight excluding hydrogens is 340 g/mol. The molecule has 2 fully saturated rings. The number of non-ortho nitro benzene ring substituents is 1. The minimum absolute atomic E-state index is 0. The molecule has 0 bridgehead atoms. The van der Waals surface area contributed by atoms with Gasteiger partial charge in [-0.25, -0.2) is 0 Å². The van der Waals surface area contributed by atoms with Crippen LogP contribution in [0, 0.1) is 10.1 Å². The number of rotatable bonds is 4. The van der Waals surface area contributed by atoms with E-state index in [1.54, 1.807) is 12.1 Å². The van der Waals surface area contributed by atoms with Gasteiger partial charge in [0.05, 0.1) is 4.92 Å². The van der Waals surface area contributed by atoms with Gasteiger partial charge in [-0.2, -0.15) is 0 Å². The number of halogens is 1. The molecule has 114 valence electrons. The van der Waals surface area contributed by atoms with Crippen LogP contribution in [0.5, 0.6) is 0 Å². The van der Waals surface area contributed by atoms with E-state index in [2.05, 4.69) is 6.58 Å². The molecule has 3 rings (SSSR count). The third-order valence-electron chi connectivity index (χ3n) is 4.13. The molecule has 0 saturated carbocycles. The van der Waals surface area contributed by atoms with Gasteiger partial charge in [-0.05, 0) is 23.8 Å². The highest BCUT2D eigenvalue weighted by molar-refractivity contribution is 5.34. The summed E-state index contributed by atoms with van der Waals surface area (Å²) in [7, 11) is 0. The monoisotopic (exact) mass is 356 g/mol. The molecule has 0 aromatic heterocycles. The van der Waals surface area contributed by atoms with Gasteiger partial charge in [-0.1, -0.05) is 6.58 Å². The van der Waals surface area contributed by atoms with Crippen LogP contribution in [-0.2, 0) is 9.47 Å². The highest BCUT2D eigenvalue weighted by Gasteiger charge is 2.53. The lowest BCUT2D eigenvalue weighted by atomic mass is 10.0. The molecule has 0 radical (unpaired) electrons. The Kier molecular flexibility index (Phi) is 4.77. The van der Waals surface area contributed by atoms with Crippen molar-refractivity contribution in [2.75, 3.05) is 26.6 Å². The molecule has 21 heavy (non-hydrogen) atoms. The summed E-state index contributed by atoms with van der Waals surface area (Å²) in [5.74, 6) is 0. The maximum atomic E-state index is 10.7. The zero-order valence-electron chi connectivity index (χ0n) is 11.5. The number of fused-ring (bicyclic) bond motifs is 1. The average molecular weight is 357 g/mol. The fourth-order valence-electron chi connectivity index (χ4n) is 3.06. The number of quaternary nitrogens is 1. The number of hydrogen-bond acceptors (Lipinski definition) is 4. The smallest absolute Gasteiger partial charge is 0.269 e. The molecule has 6 nitrogen and oxygen atoms in total. The summed E-state index contributed by atoms with van der Waals surface area (Å²) in [5.41, 5.74) is 1.07. The van der Waals surface area contributed by atoms with Crippen LogP contribution in [0.4, 0.5) is 5.69 Å². The standard InChI is InChI=1S/C14H17N2O4.BrH/c1-2-7-16-9-19-8-13(16)14(20-10-16)11-3-5-12(6-4-11)15(17)18;/h2-6,13-14H,1,7-10H2;1H/q+1;/p-1. The second kappa shape index (κ2) is 6.23. The highest BCUT2D eigenvalue weighted by Crippen LogP contribution is 2.40. The van der Waals surface area contributed by atoms with E-state index < -0.39 is 4.92 Å². The number of nitrogens with zero attached hydrogens (tertiary/aromatic N) is 2. The first-order valence-corrected chi connectivity index (χ1v) is 6.57. The Morgan fingerprint density at radius 3 is 2.71 bits per heavy atom. The molecule has 0 N–H and O–H groups in total. The molecule has 0 amide bonds. The van der Waals surface area contributed by atoms with Gasteiger partial charge in [0.2, 0.25) is 0 Å².